The number of benzene rings is 3. The van der Waals surface area contributed by atoms with Gasteiger partial charge in [-0.1, -0.05) is 48.5 Å². The SMILES string of the molecule is O=C(COC(=O)[C@H]1CC(=O)N(Cc2ccccc2)C1)c1ccc(OC(=O)c2ccccc2)cc1. The van der Waals surface area contributed by atoms with E-state index < -0.39 is 24.5 Å². The Bertz CT molecular complexity index is 1170. The first kappa shape index (κ1) is 22.9. The predicted octanol–water partition coefficient (Wildman–Crippen LogP) is 3.68. The third-order valence-electron chi connectivity index (χ3n) is 5.51. The molecule has 4 rings (SSSR count). The van der Waals surface area contributed by atoms with E-state index in [0.717, 1.165) is 5.56 Å². The fraction of sp³-hybridized carbons (Fsp3) is 0.185. The molecule has 0 radical (unpaired) electrons. The number of likely N-dealkylation sites (tertiary alicyclic amines) is 1. The Morgan fingerprint density at radius 3 is 2.15 bits per heavy atom. The van der Waals surface area contributed by atoms with Crippen LogP contribution in [0.2, 0.25) is 0 Å². The van der Waals surface area contributed by atoms with Gasteiger partial charge in [0.2, 0.25) is 5.91 Å². The summed E-state index contributed by atoms with van der Waals surface area (Å²) in [7, 11) is 0. The highest BCUT2D eigenvalue weighted by molar-refractivity contribution is 5.98. The lowest BCUT2D eigenvalue weighted by Gasteiger charge is -2.16. The monoisotopic (exact) mass is 457 g/mol. The highest BCUT2D eigenvalue weighted by Gasteiger charge is 2.35. The van der Waals surface area contributed by atoms with E-state index in [4.69, 9.17) is 9.47 Å². The molecule has 172 valence electrons. The van der Waals surface area contributed by atoms with Gasteiger partial charge < -0.3 is 14.4 Å². The van der Waals surface area contributed by atoms with Gasteiger partial charge in [0.25, 0.3) is 0 Å². The molecule has 0 unspecified atom stereocenters. The van der Waals surface area contributed by atoms with Crippen LogP contribution in [0.5, 0.6) is 5.75 Å². The van der Waals surface area contributed by atoms with Gasteiger partial charge >= 0.3 is 11.9 Å². The lowest BCUT2D eigenvalue weighted by atomic mass is 10.1. The van der Waals surface area contributed by atoms with Gasteiger partial charge in [-0.2, -0.15) is 0 Å². The van der Waals surface area contributed by atoms with Gasteiger partial charge in [0.1, 0.15) is 5.75 Å². The van der Waals surface area contributed by atoms with E-state index in [1.165, 1.54) is 24.3 Å². The summed E-state index contributed by atoms with van der Waals surface area (Å²) in [5.74, 6) is -1.86. The number of hydrogen-bond acceptors (Lipinski definition) is 6. The van der Waals surface area contributed by atoms with E-state index in [2.05, 4.69) is 0 Å². The number of esters is 2. The van der Waals surface area contributed by atoms with Crippen molar-refractivity contribution < 1.29 is 28.7 Å². The smallest absolute Gasteiger partial charge is 0.343 e. The van der Waals surface area contributed by atoms with Crippen molar-refractivity contribution in [2.24, 2.45) is 5.92 Å². The molecule has 1 heterocycles. The van der Waals surface area contributed by atoms with E-state index >= 15 is 0 Å². The Hall–Kier alpha value is -4.26. The zero-order chi connectivity index (χ0) is 23.9. The number of Topliss-reactive ketones (excluding diaryl/α,β-unsaturated/α-hetero) is 1. The van der Waals surface area contributed by atoms with Gasteiger partial charge in [0.05, 0.1) is 11.5 Å². The molecule has 1 aliphatic rings. The van der Waals surface area contributed by atoms with Crippen LogP contribution in [0.3, 0.4) is 0 Å². The van der Waals surface area contributed by atoms with Gasteiger partial charge in [-0.3, -0.25) is 14.4 Å². The highest BCUT2D eigenvalue weighted by atomic mass is 16.5. The Balaban J connectivity index is 1.26. The van der Waals surface area contributed by atoms with Crippen molar-refractivity contribution in [1.29, 1.82) is 0 Å². The largest absolute Gasteiger partial charge is 0.457 e. The summed E-state index contributed by atoms with van der Waals surface area (Å²) < 4.78 is 10.5. The van der Waals surface area contributed by atoms with Gasteiger partial charge in [0.15, 0.2) is 12.4 Å². The van der Waals surface area contributed by atoms with E-state index in [-0.39, 0.29) is 24.7 Å². The first-order valence-corrected chi connectivity index (χ1v) is 10.9. The number of amides is 1. The first-order valence-electron chi connectivity index (χ1n) is 10.9. The van der Waals surface area contributed by atoms with E-state index in [1.807, 2.05) is 30.3 Å². The molecule has 0 saturated carbocycles. The number of ketones is 1. The summed E-state index contributed by atoms with van der Waals surface area (Å²) in [6, 6.07) is 24.1. The minimum atomic E-state index is -0.594. The highest BCUT2D eigenvalue weighted by Crippen LogP contribution is 2.22. The van der Waals surface area contributed by atoms with Crippen LogP contribution in [-0.2, 0) is 20.9 Å². The van der Waals surface area contributed by atoms with Crippen LogP contribution in [0.1, 0.15) is 32.7 Å². The second kappa shape index (κ2) is 10.6. The molecule has 7 heteroatoms. The van der Waals surface area contributed by atoms with Crippen molar-refractivity contribution >= 4 is 23.6 Å². The molecule has 1 fully saturated rings. The summed E-state index contributed by atoms with van der Waals surface area (Å²) in [6.07, 6.45) is 0.0708. The summed E-state index contributed by atoms with van der Waals surface area (Å²) in [5, 5.41) is 0. The Morgan fingerprint density at radius 1 is 0.824 bits per heavy atom. The standard InChI is InChI=1S/C27H23NO6/c29-24(20-11-13-23(14-12-20)34-27(32)21-9-5-2-6-10-21)18-33-26(31)22-15-25(30)28(17-22)16-19-7-3-1-4-8-19/h1-14,22H,15-18H2/t22-/m0/s1. The molecule has 1 saturated heterocycles. The number of hydrogen-bond donors (Lipinski definition) is 0. The predicted molar refractivity (Wildman–Crippen MR) is 123 cm³/mol. The Morgan fingerprint density at radius 2 is 1.47 bits per heavy atom. The van der Waals surface area contributed by atoms with Gasteiger partial charge in [0, 0.05) is 25.1 Å². The van der Waals surface area contributed by atoms with E-state index in [9.17, 15) is 19.2 Å². The number of carbonyl (C=O) groups excluding carboxylic acids is 4. The van der Waals surface area contributed by atoms with Crippen LogP contribution in [0, 0.1) is 5.92 Å². The number of nitrogens with zero attached hydrogens (tertiary/aromatic N) is 1. The van der Waals surface area contributed by atoms with E-state index in [1.54, 1.807) is 35.2 Å². The number of carbonyl (C=O) groups is 4. The molecule has 1 aliphatic heterocycles. The molecule has 1 atom stereocenters. The lowest BCUT2D eigenvalue weighted by Crippen LogP contribution is -2.27. The van der Waals surface area contributed by atoms with Crippen molar-refractivity contribution in [2.45, 2.75) is 13.0 Å². The van der Waals surface area contributed by atoms with Crippen LogP contribution < -0.4 is 4.74 Å². The molecule has 0 N–H and O–H groups in total. The maximum Gasteiger partial charge on any atom is 0.343 e. The quantitative estimate of drug-likeness (QED) is 0.291. The molecule has 3 aromatic carbocycles. The molecule has 1 amide bonds. The summed E-state index contributed by atoms with van der Waals surface area (Å²) >= 11 is 0. The normalized spacial score (nSPS) is 15.1. The maximum absolute atomic E-state index is 12.4. The van der Waals surface area contributed by atoms with Crippen LogP contribution in [0.15, 0.2) is 84.9 Å². The average molecular weight is 457 g/mol. The zero-order valence-electron chi connectivity index (χ0n) is 18.4. The zero-order valence-corrected chi connectivity index (χ0v) is 18.4. The molecule has 7 nitrogen and oxygen atoms in total. The molecule has 3 aromatic rings. The lowest BCUT2D eigenvalue weighted by molar-refractivity contribution is -0.147. The summed E-state index contributed by atoms with van der Waals surface area (Å²) in [4.78, 5) is 50.9. The molecular formula is C27H23NO6. The third kappa shape index (κ3) is 5.75. The van der Waals surface area contributed by atoms with Crippen LogP contribution in [-0.4, -0.2) is 41.7 Å². The van der Waals surface area contributed by atoms with Gasteiger partial charge in [-0.05, 0) is 42.0 Å². The Kier molecular flexibility index (Phi) is 7.13. The van der Waals surface area contributed by atoms with Gasteiger partial charge in [-0.25, -0.2) is 4.79 Å². The average Bonchev–Trinajstić information content (AvgIpc) is 3.24. The molecule has 0 aromatic heterocycles. The molecule has 34 heavy (non-hydrogen) atoms. The third-order valence-corrected chi connectivity index (χ3v) is 5.51. The van der Waals surface area contributed by atoms with Crippen molar-refractivity contribution in [3.05, 3.63) is 102 Å². The molecule has 0 bridgehead atoms. The van der Waals surface area contributed by atoms with Crippen LogP contribution in [0.25, 0.3) is 0 Å². The molecule has 0 spiro atoms. The van der Waals surface area contributed by atoms with Crippen LogP contribution in [0.4, 0.5) is 0 Å². The van der Waals surface area contributed by atoms with Crippen molar-refractivity contribution in [3.63, 3.8) is 0 Å². The van der Waals surface area contributed by atoms with Crippen LogP contribution >= 0.6 is 0 Å². The summed E-state index contributed by atoms with van der Waals surface area (Å²) in [6.45, 7) is 0.275. The topological polar surface area (TPSA) is 90.0 Å². The fourth-order valence-corrected chi connectivity index (χ4v) is 3.67. The second-order valence-corrected chi connectivity index (χ2v) is 7.97. The number of rotatable bonds is 8. The first-order chi connectivity index (χ1) is 16.5. The van der Waals surface area contributed by atoms with E-state index in [0.29, 0.717) is 23.4 Å². The molecular weight excluding hydrogens is 434 g/mol. The minimum absolute atomic E-state index is 0.0708. The summed E-state index contributed by atoms with van der Waals surface area (Å²) in [5.41, 5.74) is 1.72. The van der Waals surface area contributed by atoms with Crippen molar-refractivity contribution in [3.8, 4) is 5.75 Å². The maximum atomic E-state index is 12.4. The van der Waals surface area contributed by atoms with Gasteiger partial charge in [-0.15, -0.1) is 0 Å². The van der Waals surface area contributed by atoms with Crippen molar-refractivity contribution in [2.75, 3.05) is 13.2 Å². The molecule has 0 aliphatic carbocycles. The minimum Gasteiger partial charge on any atom is -0.457 e. The second-order valence-electron chi connectivity index (χ2n) is 7.97. The Labute approximate surface area is 196 Å². The van der Waals surface area contributed by atoms with Crippen molar-refractivity contribution in [1.82, 2.24) is 4.90 Å². The fourth-order valence-electron chi connectivity index (χ4n) is 3.67. The number of ether oxygens (including phenoxy) is 2.